The second-order valence-corrected chi connectivity index (χ2v) is 4.29. The summed E-state index contributed by atoms with van der Waals surface area (Å²) in [6, 6.07) is 4.94. The third-order valence-corrected chi connectivity index (χ3v) is 2.50. The van der Waals surface area contributed by atoms with Gasteiger partial charge in [-0.25, -0.2) is 0 Å². The molecule has 1 amide bonds. The predicted molar refractivity (Wildman–Crippen MR) is 72.8 cm³/mol. The number of amides is 1. The van der Waals surface area contributed by atoms with Crippen LogP contribution < -0.4 is 15.8 Å². The molecule has 1 atom stereocenters. The topological polar surface area (TPSA) is 64.3 Å². The molecule has 4 nitrogen and oxygen atoms in total. The Bertz CT molecular complexity index is 433. The zero-order valence-corrected chi connectivity index (χ0v) is 11.0. The van der Waals surface area contributed by atoms with Crippen molar-refractivity contribution in [1.82, 2.24) is 5.32 Å². The van der Waals surface area contributed by atoms with Crippen LogP contribution in [-0.2, 0) is 4.79 Å². The summed E-state index contributed by atoms with van der Waals surface area (Å²) in [6.07, 6.45) is 1.60. The predicted octanol–water partition coefficient (Wildman–Crippen LogP) is 2.04. The Hall–Kier alpha value is -1.52. The smallest absolute Gasteiger partial charge is 0.258 e. The average molecular weight is 269 g/mol. The highest BCUT2D eigenvalue weighted by molar-refractivity contribution is 6.30. The molecular weight excluding hydrogens is 252 g/mol. The molecule has 1 rings (SSSR count). The van der Waals surface area contributed by atoms with Crippen molar-refractivity contribution in [3.63, 3.8) is 0 Å². The van der Waals surface area contributed by atoms with E-state index in [-0.39, 0.29) is 18.6 Å². The SMILES string of the molecule is C=CCNC(=O)COc1ccc(Cl)cc1[C@H](C)N. The fourth-order valence-electron chi connectivity index (χ4n) is 1.39. The lowest BCUT2D eigenvalue weighted by molar-refractivity contribution is -0.122. The van der Waals surface area contributed by atoms with E-state index in [4.69, 9.17) is 22.1 Å². The van der Waals surface area contributed by atoms with Crippen LogP contribution in [0.15, 0.2) is 30.9 Å². The zero-order valence-electron chi connectivity index (χ0n) is 10.3. The van der Waals surface area contributed by atoms with E-state index in [9.17, 15) is 4.79 Å². The van der Waals surface area contributed by atoms with Crippen molar-refractivity contribution in [3.05, 3.63) is 41.4 Å². The van der Waals surface area contributed by atoms with Crippen molar-refractivity contribution < 1.29 is 9.53 Å². The molecule has 0 fully saturated rings. The molecule has 0 radical (unpaired) electrons. The number of carbonyl (C=O) groups excluding carboxylic acids is 1. The summed E-state index contributed by atoms with van der Waals surface area (Å²) in [7, 11) is 0. The van der Waals surface area contributed by atoms with Crippen molar-refractivity contribution in [2.75, 3.05) is 13.2 Å². The molecule has 0 spiro atoms. The van der Waals surface area contributed by atoms with E-state index >= 15 is 0 Å². The molecule has 0 aliphatic heterocycles. The summed E-state index contributed by atoms with van der Waals surface area (Å²) in [5, 5.41) is 3.21. The summed E-state index contributed by atoms with van der Waals surface area (Å²) in [5.74, 6) is 0.364. The van der Waals surface area contributed by atoms with Gasteiger partial charge in [-0.05, 0) is 25.1 Å². The average Bonchev–Trinajstić information content (AvgIpc) is 2.34. The summed E-state index contributed by atoms with van der Waals surface area (Å²) < 4.78 is 5.43. The number of benzene rings is 1. The van der Waals surface area contributed by atoms with Gasteiger partial charge >= 0.3 is 0 Å². The van der Waals surface area contributed by atoms with Crippen LogP contribution in [0.1, 0.15) is 18.5 Å². The molecule has 0 saturated heterocycles. The zero-order chi connectivity index (χ0) is 13.5. The molecule has 1 aromatic rings. The van der Waals surface area contributed by atoms with Gasteiger partial charge in [-0.15, -0.1) is 6.58 Å². The van der Waals surface area contributed by atoms with Crippen molar-refractivity contribution in [2.24, 2.45) is 5.73 Å². The molecule has 0 saturated carbocycles. The number of ether oxygens (including phenoxy) is 1. The molecule has 0 aromatic heterocycles. The van der Waals surface area contributed by atoms with Crippen LogP contribution in [0.5, 0.6) is 5.75 Å². The van der Waals surface area contributed by atoms with Crippen LogP contribution in [0.25, 0.3) is 0 Å². The number of nitrogens with one attached hydrogen (secondary N) is 1. The number of hydrogen-bond acceptors (Lipinski definition) is 3. The maximum atomic E-state index is 11.4. The number of nitrogens with two attached hydrogens (primary N) is 1. The van der Waals surface area contributed by atoms with Gasteiger partial charge in [0.25, 0.3) is 5.91 Å². The quantitative estimate of drug-likeness (QED) is 0.776. The molecule has 18 heavy (non-hydrogen) atoms. The Morgan fingerprint density at radius 2 is 2.39 bits per heavy atom. The van der Waals surface area contributed by atoms with Crippen molar-refractivity contribution >= 4 is 17.5 Å². The second-order valence-electron chi connectivity index (χ2n) is 3.85. The largest absolute Gasteiger partial charge is 0.483 e. The Morgan fingerprint density at radius 3 is 3.00 bits per heavy atom. The maximum Gasteiger partial charge on any atom is 0.258 e. The fraction of sp³-hybridized carbons (Fsp3) is 0.308. The molecule has 98 valence electrons. The van der Waals surface area contributed by atoms with E-state index in [2.05, 4.69) is 11.9 Å². The first-order valence-electron chi connectivity index (χ1n) is 5.60. The fourth-order valence-corrected chi connectivity index (χ4v) is 1.57. The van der Waals surface area contributed by atoms with Gasteiger partial charge in [0, 0.05) is 23.2 Å². The van der Waals surface area contributed by atoms with Crippen molar-refractivity contribution in [1.29, 1.82) is 0 Å². The highest BCUT2D eigenvalue weighted by Gasteiger charge is 2.10. The molecule has 0 heterocycles. The standard InChI is InChI=1S/C13H17ClN2O2/c1-3-6-16-13(17)8-18-12-5-4-10(14)7-11(12)9(2)15/h3-5,7,9H,1,6,8,15H2,2H3,(H,16,17)/t9-/m0/s1. The van der Waals surface area contributed by atoms with Gasteiger partial charge in [0.1, 0.15) is 5.75 Å². The van der Waals surface area contributed by atoms with Crippen LogP contribution >= 0.6 is 11.6 Å². The van der Waals surface area contributed by atoms with E-state index in [1.807, 2.05) is 6.92 Å². The van der Waals surface area contributed by atoms with E-state index in [0.717, 1.165) is 5.56 Å². The number of carbonyl (C=O) groups is 1. The molecule has 0 aliphatic carbocycles. The van der Waals surface area contributed by atoms with Crippen LogP contribution in [0.4, 0.5) is 0 Å². The molecule has 1 aromatic carbocycles. The monoisotopic (exact) mass is 268 g/mol. The molecule has 0 unspecified atom stereocenters. The third kappa shape index (κ3) is 4.39. The van der Waals surface area contributed by atoms with Gasteiger partial charge in [0.05, 0.1) is 0 Å². The Morgan fingerprint density at radius 1 is 1.67 bits per heavy atom. The highest BCUT2D eigenvalue weighted by atomic mass is 35.5. The van der Waals surface area contributed by atoms with Gasteiger partial charge < -0.3 is 15.8 Å². The van der Waals surface area contributed by atoms with Crippen LogP contribution in [-0.4, -0.2) is 19.1 Å². The lowest BCUT2D eigenvalue weighted by Gasteiger charge is -2.14. The summed E-state index contributed by atoms with van der Waals surface area (Å²) >= 11 is 5.89. The first-order valence-corrected chi connectivity index (χ1v) is 5.97. The normalized spacial score (nSPS) is 11.7. The molecule has 5 heteroatoms. The van der Waals surface area contributed by atoms with Crippen LogP contribution in [0.3, 0.4) is 0 Å². The Labute approximate surface area is 112 Å². The Balaban J connectivity index is 2.66. The second kappa shape index (κ2) is 7.03. The minimum Gasteiger partial charge on any atom is -0.483 e. The lowest BCUT2D eigenvalue weighted by atomic mass is 10.1. The van der Waals surface area contributed by atoms with E-state index < -0.39 is 0 Å². The first-order chi connectivity index (χ1) is 8.54. The third-order valence-electron chi connectivity index (χ3n) is 2.26. The van der Waals surface area contributed by atoms with Crippen LogP contribution in [0, 0.1) is 0 Å². The van der Waals surface area contributed by atoms with Gasteiger partial charge in [0.15, 0.2) is 6.61 Å². The van der Waals surface area contributed by atoms with Crippen LogP contribution in [0.2, 0.25) is 5.02 Å². The molecule has 3 N–H and O–H groups in total. The molecule has 0 aliphatic rings. The van der Waals surface area contributed by atoms with Gasteiger partial charge in [0.2, 0.25) is 0 Å². The number of rotatable bonds is 6. The summed E-state index contributed by atoms with van der Waals surface area (Å²) in [5.41, 5.74) is 6.59. The Kier molecular flexibility index (Phi) is 5.68. The van der Waals surface area contributed by atoms with Gasteiger partial charge in [-0.1, -0.05) is 17.7 Å². The first kappa shape index (κ1) is 14.5. The van der Waals surface area contributed by atoms with E-state index in [0.29, 0.717) is 17.3 Å². The summed E-state index contributed by atoms with van der Waals surface area (Å²) in [4.78, 5) is 11.4. The van der Waals surface area contributed by atoms with Gasteiger partial charge in [-0.3, -0.25) is 4.79 Å². The summed E-state index contributed by atoms with van der Waals surface area (Å²) in [6.45, 7) is 5.70. The lowest BCUT2D eigenvalue weighted by Crippen LogP contribution is -2.29. The minimum atomic E-state index is -0.213. The highest BCUT2D eigenvalue weighted by Crippen LogP contribution is 2.27. The molecule has 0 bridgehead atoms. The molecular formula is C13H17ClN2O2. The van der Waals surface area contributed by atoms with Gasteiger partial charge in [-0.2, -0.15) is 0 Å². The maximum absolute atomic E-state index is 11.4. The minimum absolute atomic E-state index is 0.0603. The van der Waals surface area contributed by atoms with E-state index in [1.54, 1.807) is 24.3 Å². The van der Waals surface area contributed by atoms with Crippen molar-refractivity contribution in [3.8, 4) is 5.75 Å². The number of hydrogen-bond donors (Lipinski definition) is 2. The van der Waals surface area contributed by atoms with Crippen molar-refractivity contribution in [2.45, 2.75) is 13.0 Å². The number of halogens is 1. The van der Waals surface area contributed by atoms with E-state index in [1.165, 1.54) is 0 Å².